The lowest BCUT2D eigenvalue weighted by Gasteiger charge is -1.98. The maximum Gasteiger partial charge on any atom is 0.423 e. The summed E-state index contributed by atoms with van der Waals surface area (Å²) in [5.41, 5.74) is -2.39. The van der Waals surface area contributed by atoms with E-state index in [1.54, 1.807) is 0 Å². The quantitative estimate of drug-likeness (QED) is 0.577. The molecule has 0 aliphatic carbocycles. The topological polar surface area (TPSA) is 190 Å². The van der Waals surface area contributed by atoms with Gasteiger partial charge in [0.15, 0.2) is 5.10 Å². The largest absolute Gasteiger partial charge is 0.423 e. The maximum absolute atomic E-state index is 11.2. The first-order valence-electron chi connectivity index (χ1n) is 5.96. The first kappa shape index (κ1) is 16.4. The number of rotatable bonds is 5. The van der Waals surface area contributed by atoms with Gasteiger partial charge in [0, 0.05) is 16.8 Å². The second-order valence-corrected chi connectivity index (χ2v) is 4.39. The van der Waals surface area contributed by atoms with Crippen LogP contribution in [0.1, 0.15) is 5.56 Å². The Morgan fingerprint density at radius 2 is 1.54 bits per heavy atom. The van der Waals surface area contributed by atoms with Gasteiger partial charge in [0.05, 0.1) is 15.9 Å². The highest BCUT2D eigenvalue weighted by molar-refractivity contribution is 5.61. The van der Waals surface area contributed by atoms with E-state index in [4.69, 9.17) is 0 Å². The van der Waals surface area contributed by atoms with Crippen molar-refractivity contribution in [1.82, 2.24) is 9.78 Å². The van der Waals surface area contributed by atoms with Gasteiger partial charge in [-0.15, -0.1) is 0 Å². The fraction of sp³-hybridized carbons (Fsp3) is 0.100. The van der Waals surface area contributed by atoms with E-state index in [0.717, 1.165) is 19.1 Å². The van der Waals surface area contributed by atoms with Gasteiger partial charge < -0.3 is 20.2 Å². The van der Waals surface area contributed by atoms with Gasteiger partial charge in [-0.3, -0.25) is 20.2 Å². The molecule has 0 unspecified atom stereocenters. The zero-order valence-corrected chi connectivity index (χ0v) is 11.7. The van der Waals surface area contributed by atoms with Crippen LogP contribution >= 0.6 is 0 Å². The summed E-state index contributed by atoms with van der Waals surface area (Å²) in [5.74, 6) is -1.70. The molecule has 1 aromatic heterocycles. The van der Waals surface area contributed by atoms with Crippen LogP contribution in [-0.4, -0.2) is 29.5 Å². The van der Waals surface area contributed by atoms with Gasteiger partial charge in [0.1, 0.15) is 5.56 Å². The third-order valence-electron chi connectivity index (χ3n) is 3.01. The lowest BCUT2D eigenvalue weighted by molar-refractivity contribution is -0.397. The summed E-state index contributed by atoms with van der Waals surface area (Å²) in [6, 6.07) is 2.32. The van der Waals surface area contributed by atoms with E-state index in [1.165, 1.54) is 0 Å². The number of hydrogen-bond donors (Lipinski definition) is 0. The second-order valence-electron chi connectivity index (χ2n) is 4.39. The molecule has 0 spiro atoms. The third-order valence-corrected chi connectivity index (χ3v) is 3.01. The molecule has 2 rings (SSSR count). The molecule has 0 fully saturated rings. The zero-order chi connectivity index (χ0) is 18.2. The van der Waals surface area contributed by atoms with E-state index in [2.05, 4.69) is 5.10 Å². The first-order valence-corrected chi connectivity index (χ1v) is 5.96. The van der Waals surface area contributed by atoms with E-state index in [-0.39, 0.29) is 0 Å². The Hall–Kier alpha value is -3.97. The summed E-state index contributed by atoms with van der Waals surface area (Å²) in [5, 5.41) is 47.3. The Balaban J connectivity index is 2.83. The lowest BCUT2D eigenvalue weighted by atomic mass is 10.2. The highest BCUT2D eigenvalue weighted by Gasteiger charge is 2.39. The highest BCUT2D eigenvalue weighted by atomic mass is 16.6. The van der Waals surface area contributed by atoms with E-state index in [9.17, 15) is 40.5 Å². The first-order chi connectivity index (χ1) is 11.1. The number of nitrogens with zero attached hydrogens (tertiary/aromatic N) is 6. The van der Waals surface area contributed by atoms with Crippen LogP contribution in [0.15, 0.2) is 18.2 Å². The normalized spacial score (nSPS) is 10.4. The van der Waals surface area contributed by atoms with Crippen LogP contribution in [0, 0.1) is 47.4 Å². The Morgan fingerprint density at radius 3 is 2.00 bits per heavy atom. The molecule has 14 nitrogen and oxygen atoms in total. The molecule has 0 aliphatic heterocycles. The molecule has 0 atom stereocenters. The fourth-order valence-corrected chi connectivity index (χ4v) is 1.98. The minimum absolute atomic E-state index is 0.405. The highest BCUT2D eigenvalue weighted by Crippen LogP contribution is 2.34. The van der Waals surface area contributed by atoms with Gasteiger partial charge in [0.2, 0.25) is 0 Å². The molecule has 124 valence electrons. The van der Waals surface area contributed by atoms with Crippen molar-refractivity contribution in [2.24, 2.45) is 0 Å². The van der Waals surface area contributed by atoms with Crippen molar-refractivity contribution >= 4 is 23.0 Å². The van der Waals surface area contributed by atoms with Gasteiger partial charge in [-0.1, -0.05) is 0 Å². The van der Waals surface area contributed by atoms with Crippen molar-refractivity contribution in [1.29, 1.82) is 0 Å². The molecule has 1 heterocycles. The van der Waals surface area contributed by atoms with Gasteiger partial charge in [-0.2, -0.15) is 0 Å². The van der Waals surface area contributed by atoms with Crippen LogP contribution < -0.4 is 0 Å². The summed E-state index contributed by atoms with van der Waals surface area (Å²) >= 11 is 0. The predicted octanol–water partition coefficient (Wildman–Crippen LogP) is 1.81. The Bertz CT molecular complexity index is 903. The molecule has 0 saturated carbocycles. The third kappa shape index (κ3) is 2.58. The van der Waals surface area contributed by atoms with Crippen LogP contribution in [0.5, 0.6) is 0 Å². The SMILES string of the molecule is Cc1c([N+](=O)[O-])nn(-c2ccc([N+](=O)[O-])cc2[N+](=O)[O-])c1[N+](=O)[O-]. The van der Waals surface area contributed by atoms with E-state index < -0.39 is 54.0 Å². The van der Waals surface area contributed by atoms with Crippen LogP contribution in [0.2, 0.25) is 0 Å². The van der Waals surface area contributed by atoms with Crippen LogP contribution in [0.4, 0.5) is 23.0 Å². The van der Waals surface area contributed by atoms with Crippen molar-refractivity contribution in [3.63, 3.8) is 0 Å². The molecular weight excluding hydrogens is 332 g/mol. The summed E-state index contributed by atoms with van der Waals surface area (Å²) in [7, 11) is 0. The van der Waals surface area contributed by atoms with Crippen LogP contribution in [-0.2, 0) is 0 Å². The number of non-ortho nitro benzene ring substituents is 1. The minimum atomic E-state index is -1.01. The Labute approximate surface area is 130 Å². The second kappa shape index (κ2) is 5.67. The number of hydrogen-bond acceptors (Lipinski definition) is 9. The summed E-state index contributed by atoms with van der Waals surface area (Å²) in [6.45, 7) is 1.07. The molecule has 0 aliphatic rings. The zero-order valence-electron chi connectivity index (χ0n) is 11.7. The lowest BCUT2D eigenvalue weighted by Crippen LogP contribution is -2.06. The molecule has 0 radical (unpaired) electrons. The average molecular weight is 338 g/mol. The van der Waals surface area contributed by atoms with Crippen molar-refractivity contribution in [2.75, 3.05) is 0 Å². The Morgan fingerprint density at radius 1 is 0.917 bits per heavy atom. The predicted molar refractivity (Wildman–Crippen MR) is 74.9 cm³/mol. The van der Waals surface area contributed by atoms with Crippen LogP contribution in [0.25, 0.3) is 5.69 Å². The number of benzene rings is 1. The van der Waals surface area contributed by atoms with Crippen LogP contribution in [0.3, 0.4) is 0 Å². The number of nitro groups is 4. The average Bonchev–Trinajstić information content (AvgIpc) is 2.84. The van der Waals surface area contributed by atoms with Crippen molar-refractivity contribution in [2.45, 2.75) is 6.92 Å². The number of aromatic nitrogens is 2. The molecule has 0 saturated heterocycles. The molecular formula is C10H6N6O8. The fourth-order valence-electron chi connectivity index (χ4n) is 1.98. The Kier molecular flexibility index (Phi) is 3.88. The smallest absolute Gasteiger partial charge is 0.358 e. The molecule has 24 heavy (non-hydrogen) atoms. The molecule has 0 amide bonds. The van der Waals surface area contributed by atoms with E-state index in [0.29, 0.717) is 10.7 Å². The van der Waals surface area contributed by atoms with Crippen molar-refractivity contribution < 1.29 is 19.7 Å². The summed E-state index contributed by atoms with van der Waals surface area (Å²) in [4.78, 5) is 40.0. The molecule has 0 N–H and O–H groups in total. The minimum Gasteiger partial charge on any atom is -0.358 e. The summed E-state index contributed by atoms with van der Waals surface area (Å²) in [6.07, 6.45) is 0. The maximum atomic E-state index is 11.2. The van der Waals surface area contributed by atoms with E-state index >= 15 is 0 Å². The standard InChI is InChI=1S/C10H6N6O8/c1-5-9(15(21)22)11-12(10(5)16(23)24)7-3-2-6(13(17)18)4-8(7)14(19)20/h2-4H,1H3. The molecule has 0 bridgehead atoms. The molecule has 2 aromatic rings. The van der Waals surface area contributed by atoms with Gasteiger partial charge in [0.25, 0.3) is 11.4 Å². The number of nitro benzene ring substituents is 2. The van der Waals surface area contributed by atoms with Gasteiger partial charge in [-0.25, -0.2) is 0 Å². The van der Waals surface area contributed by atoms with Gasteiger partial charge >= 0.3 is 17.3 Å². The van der Waals surface area contributed by atoms with E-state index in [1.807, 2.05) is 0 Å². The van der Waals surface area contributed by atoms with Gasteiger partial charge in [-0.05, 0) is 16.8 Å². The summed E-state index contributed by atoms with van der Waals surface area (Å²) < 4.78 is 0.412. The van der Waals surface area contributed by atoms with Crippen molar-refractivity contribution in [3.8, 4) is 5.69 Å². The van der Waals surface area contributed by atoms with Crippen molar-refractivity contribution in [3.05, 3.63) is 64.2 Å². The molecule has 14 heteroatoms. The monoisotopic (exact) mass is 338 g/mol. The molecule has 1 aromatic carbocycles.